The highest BCUT2D eigenvalue weighted by atomic mass is 35.5. The summed E-state index contributed by atoms with van der Waals surface area (Å²) in [5.41, 5.74) is 2.53. The van der Waals surface area contributed by atoms with Crippen LogP contribution >= 0.6 is 11.6 Å². The quantitative estimate of drug-likeness (QED) is 0.807. The molecule has 0 aliphatic rings. The van der Waals surface area contributed by atoms with Gasteiger partial charge in [0.1, 0.15) is 12.4 Å². The molecule has 23 heavy (non-hydrogen) atoms. The van der Waals surface area contributed by atoms with Crippen LogP contribution in [0.25, 0.3) is 0 Å². The van der Waals surface area contributed by atoms with Crippen LogP contribution in [0, 0.1) is 20.8 Å². The van der Waals surface area contributed by atoms with Crippen LogP contribution in [0.15, 0.2) is 41.3 Å². The fourth-order valence-corrected chi connectivity index (χ4v) is 4.13. The molecule has 1 N–H and O–H groups in total. The number of halogens is 1. The second-order valence-electron chi connectivity index (χ2n) is 5.43. The molecule has 0 unspecified atom stereocenters. The number of rotatable bonds is 6. The zero-order valence-corrected chi connectivity index (χ0v) is 15.0. The van der Waals surface area contributed by atoms with Crippen molar-refractivity contribution in [1.82, 2.24) is 4.72 Å². The summed E-state index contributed by atoms with van der Waals surface area (Å²) in [6.07, 6.45) is 0. The minimum atomic E-state index is -3.55. The highest BCUT2D eigenvalue weighted by Gasteiger charge is 2.19. The molecule has 0 aromatic heterocycles. The van der Waals surface area contributed by atoms with Gasteiger partial charge < -0.3 is 4.74 Å². The third-order valence-electron chi connectivity index (χ3n) is 3.35. The molecule has 0 bridgehead atoms. The van der Waals surface area contributed by atoms with Gasteiger partial charge >= 0.3 is 0 Å². The van der Waals surface area contributed by atoms with Crippen molar-refractivity contribution >= 4 is 21.6 Å². The molecular formula is C17H20ClNO3S. The topological polar surface area (TPSA) is 55.4 Å². The minimum absolute atomic E-state index is 0.192. The van der Waals surface area contributed by atoms with Crippen LogP contribution in [0.1, 0.15) is 16.7 Å². The number of sulfonamides is 1. The van der Waals surface area contributed by atoms with Gasteiger partial charge in [0.2, 0.25) is 10.0 Å². The minimum Gasteiger partial charge on any atom is -0.492 e. The first-order chi connectivity index (χ1) is 10.8. The maximum Gasteiger partial charge on any atom is 0.241 e. The summed E-state index contributed by atoms with van der Waals surface area (Å²) < 4.78 is 33.0. The predicted octanol–water partition coefficient (Wildman–Crippen LogP) is 3.62. The lowest BCUT2D eigenvalue weighted by atomic mass is 10.1. The Morgan fingerprint density at radius 1 is 1.04 bits per heavy atom. The lowest BCUT2D eigenvalue weighted by Gasteiger charge is -2.13. The molecule has 0 saturated heterocycles. The third-order valence-corrected chi connectivity index (χ3v) is 5.37. The van der Waals surface area contributed by atoms with Crippen LogP contribution in [-0.4, -0.2) is 21.6 Å². The molecule has 2 aromatic rings. The molecule has 0 aliphatic heterocycles. The van der Waals surface area contributed by atoms with Gasteiger partial charge in [-0.3, -0.25) is 0 Å². The van der Waals surface area contributed by atoms with Crippen molar-refractivity contribution in [2.24, 2.45) is 0 Å². The molecule has 0 atom stereocenters. The van der Waals surface area contributed by atoms with E-state index in [-0.39, 0.29) is 13.2 Å². The average Bonchev–Trinajstić information content (AvgIpc) is 2.44. The van der Waals surface area contributed by atoms with Crippen molar-refractivity contribution in [2.45, 2.75) is 25.7 Å². The summed E-state index contributed by atoms with van der Waals surface area (Å²) in [6.45, 7) is 5.99. The number of hydrogen-bond donors (Lipinski definition) is 1. The summed E-state index contributed by atoms with van der Waals surface area (Å²) in [4.78, 5) is 0.342. The van der Waals surface area contributed by atoms with Gasteiger partial charge in [-0.05, 0) is 56.2 Å². The molecule has 0 saturated carbocycles. The van der Waals surface area contributed by atoms with Crippen molar-refractivity contribution < 1.29 is 13.2 Å². The third kappa shape index (κ3) is 4.70. The lowest BCUT2D eigenvalue weighted by molar-refractivity contribution is 0.323. The maximum absolute atomic E-state index is 12.5. The number of nitrogens with one attached hydrogen (secondary N) is 1. The van der Waals surface area contributed by atoms with Crippen LogP contribution < -0.4 is 9.46 Å². The van der Waals surface area contributed by atoms with Gasteiger partial charge in [-0.1, -0.05) is 29.3 Å². The molecule has 0 radical (unpaired) electrons. The highest BCUT2D eigenvalue weighted by Crippen LogP contribution is 2.21. The number of hydrogen-bond acceptors (Lipinski definition) is 3. The SMILES string of the molecule is Cc1cc(C)c(S(=O)(=O)NCCOc2ccc(Cl)cc2)c(C)c1. The summed E-state index contributed by atoms with van der Waals surface area (Å²) in [6, 6.07) is 10.7. The van der Waals surface area contributed by atoms with Crippen molar-refractivity contribution in [3.05, 3.63) is 58.1 Å². The van der Waals surface area contributed by atoms with Crippen molar-refractivity contribution in [3.63, 3.8) is 0 Å². The molecule has 0 heterocycles. The molecule has 0 spiro atoms. The second kappa shape index (κ2) is 7.34. The van der Waals surface area contributed by atoms with E-state index in [1.165, 1.54) is 0 Å². The molecule has 6 heteroatoms. The first kappa shape index (κ1) is 17.8. The fourth-order valence-electron chi connectivity index (χ4n) is 2.54. The largest absolute Gasteiger partial charge is 0.492 e. The van der Waals surface area contributed by atoms with Crippen LogP contribution in [0.4, 0.5) is 0 Å². The van der Waals surface area contributed by atoms with Gasteiger partial charge in [0, 0.05) is 11.6 Å². The summed E-state index contributed by atoms with van der Waals surface area (Å²) in [7, 11) is -3.55. The molecule has 4 nitrogen and oxygen atoms in total. The monoisotopic (exact) mass is 353 g/mol. The van der Waals surface area contributed by atoms with Gasteiger partial charge in [-0.25, -0.2) is 13.1 Å². The number of benzene rings is 2. The Hall–Kier alpha value is -1.56. The van der Waals surface area contributed by atoms with E-state index in [2.05, 4.69) is 4.72 Å². The molecule has 2 rings (SSSR count). The molecular weight excluding hydrogens is 334 g/mol. The normalized spacial score (nSPS) is 11.5. The van der Waals surface area contributed by atoms with E-state index < -0.39 is 10.0 Å². The Morgan fingerprint density at radius 3 is 2.17 bits per heavy atom. The predicted molar refractivity (Wildman–Crippen MR) is 92.8 cm³/mol. The van der Waals surface area contributed by atoms with Crippen molar-refractivity contribution in [2.75, 3.05) is 13.2 Å². The fraction of sp³-hybridized carbons (Fsp3) is 0.294. The van der Waals surface area contributed by atoms with Crippen LogP contribution in [0.3, 0.4) is 0 Å². The van der Waals surface area contributed by atoms with Crippen molar-refractivity contribution in [3.8, 4) is 5.75 Å². The standard InChI is InChI=1S/C17H20ClNO3S/c1-12-10-13(2)17(14(3)11-12)23(20,21)19-8-9-22-16-6-4-15(18)5-7-16/h4-7,10-11,19H,8-9H2,1-3H3. The Labute approximate surface area is 142 Å². The zero-order chi connectivity index (χ0) is 17.0. The van der Waals surface area contributed by atoms with Crippen molar-refractivity contribution in [1.29, 1.82) is 0 Å². The summed E-state index contributed by atoms with van der Waals surface area (Å²) >= 11 is 5.79. The molecule has 0 aliphatic carbocycles. The summed E-state index contributed by atoms with van der Waals surface area (Å²) in [5.74, 6) is 0.649. The van der Waals surface area contributed by atoms with Gasteiger partial charge in [-0.2, -0.15) is 0 Å². The van der Waals surface area contributed by atoms with Crippen LogP contribution in [0.2, 0.25) is 5.02 Å². The average molecular weight is 354 g/mol. The van der Waals surface area contributed by atoms with E-state index in [9.17, 15) is 8.42 Å². The van der Waals surface area contributed by atoms with E-state index in [0.717, 1.165) is 16.7 Å². The highest BCUT2D eigenvalue weighted by molar-refractivity contribution is 7.89. The first-order valence-electron chi connectivity index (χ1n) is 7.25. The molecule has 124 valence electrons. The molecule has 2 aromatic carbocycles. The zero-order valence-electron chi connectivity index (χ0n) is 13.4. The maximum atomic E-state index is 12.5. The molecule has 0 amide bonds. The number of ether oxygens (including phenoxy) is 1. The van der Waals surface area contributed by atoms with Gasteiger partial charge in [-0.15, -0.1) is 0 Å². The van der Waals surface area contributed by atoms with E-state index in [1.807, 2.05) is 19.1 Å². The van der Waals surface area contributed by atoms with E-state index in [1.54, 1.807) is 38.1 Å². The van der Waals surface area contributed by atoms with Gasteiger partial charge in [0.15, 0.2) is 0 Å². The smallest absolute Gasteiger partial charge is 0.241 e. The Kier molecular flexibility index (Phi) is 5.68. The van der Waals surface area contributed by atoms with E-state index in [4.69, 9.17) is 16.3 Å². The Bertz CT molecular complexity index is 763. The van der Waals surface area contributed by atoms with E-state index >= 15 is 0 Å². The molecule has 0 fully saturated rings. The lowest BCUT2D eigenvalue weighted by Crippen LogP contribution is -2.29. The van der Waals surface area contributed by atoms with E-state index in [0.29, 0.717) is 15.7 Å². The van der Waals surface area contributed by atoms with Crippen LogP contribution in [0.5, 0.6) is 5.75 Å². The Balaban J connectivity index is 1.98. The Morgan fingerprint density at radius 2 is 1.61 bits per heavy atom. The first-order valence-corrected chi connectivity index (χ1v) is 9.11. The van der Waals surface area contributed by atoms with Crippen LogP contribution in [-0.2, 0) is 10.0 Å². The van der Waals surface area contributed by atoms with Gasteiger partial charge in [0.25, 0.3) is 0 Å². The van der Waals surface area contributed by atoms with Gasteiger partial charge in [0.05, 0.1) is 4.90 Å². The summed E-state index contributed by atoms with van der Waals surface area (Å²) in [5, 5.41) is 0.628. The second-order valence-corrected chi connectivity index (χ2v) is 7.57. The number of aryl methyl sites for hydroxylation is 3.